The first kappa shape index (κ1) is 10.2. The Bertz CT molecular complexity index is 320. The van der Waals surface area contributed by atoms with Crippen LogP contribution in [-0.2, 0) is 6.42 Å². The lowest BCUT2D eigenvalue weighted by Gasteiger charge is -2.14. The summed E-state index contributed by atoms with van der Waals surface area (Å²) in [6, 6.07) is 8.35. The zero-order valence-electron chi connectivity index (χ0n) is 7.36. The molecule has 1 aliphatic rings. The Hall–Kier alpha value is -0.860. The molecule has 0 amide bonds. The minimum absolute atomic E-state index is 0. The van der Waals surface area contributed by atoms with Crippen molar-refractivity contribution in [2.45, 2.75) is 6.42 Å². The van der Waals surface area contributed by atoms with E-state index in [9.17, 15) is 0 Å². The van der Waals surface area contributed by atoms with E-state index in [0.29, 0.717) is 6.54 Å². The second-order valence-electron chi connectivity index (χ2n) is 2.94. The Labute approximate surface area is 84.3 Å². The van der Waals surface area contributed by atoms with Crippen LogP contribution in [-0.4, -0.2) is 18.8 Å². The highest BCUT2D eigenvalue weighted by molar-refractivity contribution is 6.03. The number of rotatable bonds is 1. The van der Waals surface area contributed by atoms with E-state index in [1.807, 2.05) is 6.07 Å². The van der Waals surface area contributed by atoms with Gasteiger partial charge in [-0.25, -0.2) is 0 Å². The molecule has 0 bridgehead atoms. The van der Waals surface area contributed by atoms with Crippen LogP contribution in [0.4, 0.5) is 0 Å². The second kappa shape index (κ2) is 4.40. The molecule has 0 saturated heterocycles. The first-order valence-corrected chi connectivity index (χ1v) is 4.23. The molecule has 0 unspecified atom stereocenters. The van der Waals surface area contributed by atoms with E-state index in [2.05, 4.69) is 23.2 Å². The van der Waals surface area contributed by atoms with Crippen molar-refractivity contribution < 1.29 is 0 Å². The molecule has 1 heterocycles. The van der Waals surface area contributed by atoms with E-state index in [1.54, 1.807) is 0 Å². The van der Waals surface area contributed by atoms with Crippen molar-refractivity contribution in [1.82, 2.24) is 0 Å². The van der Waals surface area contributed by atoms with Crippen molar-refractivity contribution >= 4 is 18.1 Å². The zero-order chi connectivity index (χ0) is 8.39. The topological polar surface area (TPSA) is 38.4 Å². The van der Waals surface area contributed by atoms with Gasteiger partial charge in [0.15, 0.2) is 0 Å². The fraction of sp³-hybridized carbons (Fsp3) is 0.300. The molecule has 0 aliphatic carbocycles. The van der Waals surface area contributed by atoms with Gasteiger partial charge in [0.1, 0.15) is 0 Å². The van der Waals surface area contributed by atoms with Gasteiger partial charge >= 0.3 is 0 Å². The molecule has 0 saturated carbocycles. The third-order valence-electron chi connectivity index (χ3n) is 2.21. The Morgan fingerprint density at radius 2 is 2.08 bits per heavy atom. The molecule has 2 nitrogen and oxygen atoms in total. The molecule has 0 fully saturated rings. The van der Waals surface area contributed by atoms with Crippen LogP contribution in [0.3, 0.4) is 0 Å². The Balaban J connectivity index is 0.000000845. The van der Waals surface area contributed by atoms with Crippen LogP contribution in [0.1, 0.15) is 11.1 Å². The molecule has 0 spiro atoms. The molecule has 70 valence electrons. The van der Waals surface area contributed by atoms with E-state index >= 15 is 0 Å². The summed E-state index contributed by atoms with van der Waals surface area (Å²) in [6.45, 7) is 1.44. The van der Waals surface area contributed by atoms with E-state index in [4.69, 9.17) is 5.73 Å². The summed E-state index contributed by atoms with van der Waals surface area (Å²) in [4.78, 5) is 4.38. The SMILES string of the molecule is Cl.NCC1=NCCc2ccccc21. The predicted octanol–water partition coefficient (Wildman–Crippen LogP) is 1.41. The van der Waals surface area contributed by atoms with Gasteiger partial charge in [-0.2, -0.15) is 0 Å². The van der Waals surface area contributed by atoms with Crippen molar-refractivity contribution in [1.29, 1.82) is 0 Å². The molecule has 0 atom stereocenters. The van der Waals surface area contributed by atoms with E-state index in [-0.39, 0.29) is 12.4 Å². The number of nitrogens with zero attached hydrogens (tertiary/aromatic N) is 1. The van der Waals surface area contributed by atoms with Crippen molar-refractivity contribution in [3.8, 4) is 0 Å². The number of aliphatic imine (C=N–C) groups is 1. The van der Waals surface area contributed by atoms with Crippen molar-refractivity contribution in [2.75, 3.05) is 13.1 Å². The number of nitrogens with two attached hydrogens (primary N) is 1. The first-order chi connectivity index (χ1) is 5.92. The lowest BCUT2D eigenvalue weighted by molar-refractivity contribution is 0.935. The summed E-state index contributed by atoms with van der Waals surface area (Å²) in [5, 5.41) is 0. The molecule has 0 radical (unpaired) electrons. The molecule has 2 N–H and O–H groups in total. The minimum atomic E-state index is 0. The number of hydrogen-bond acceptors (Lipinski definition) is 2. The van der Waals surface area contributed by atoms with E-state index in [1.165, 1.54) is 11.1 Å². The Morgan fingerprint density at radius 3 is 2.85 bits per heavy atom. The van der Waals surface area contributed by atoms with Crippen LogP contribution in [0.15, 0.2) is 29.3 Å². The molecule has 1 aromatic rings. The highest BCUT2D eigenvalue weighted by Gasteiger charge is 2.10. The molecule has 2 rings (SSSR count). The van der Waals surface area contributed by atoms with Gasteiger partial charge in [-0.15, -0.1) is 12.4 Å². The minimum Gasteiger partial charge on any atom is -0.325 e. The van der Waals surface area contributed by atoms with Crippen molar-refractivity contribution in [3.05, 3.63) is 35.4 Å². The van der Waals surface area contributed by atoms with Gasteiger partial charge in [-0.1, -0.05) is 24.3 Å². The van der Waals surface area contributed by atoms with Gasteiger partial charge in [0.05, 0.1) is 5.71 Å². The third-order valence-corrected chi connectivity index (χ3v) is 2.21. The van der Waals surface area contributed by atoms with Crippen molar-refractivity contribution in [3.63, 3.8) is 0 Å². The van der Waals surface area contributed by atoms with Gasteiger partial charge in [-0.05, 0) is 12.0 Å². The maximum Gasteiger partial charge on any atom is 0.0559 e. The maximum atomic E-state index is 5.59. The van der Waals surface area contributed by atoms with Crippen LogP contribution in [0.5, 0.6) is 0 Å². The van der Waals surface area contributed by atoms with E-state index < -0.39 is 0 Å². The molecule has 3 heteroatoms. The summed E-state index contributed by atoms with van der Waals surface area (Å²) in [5.74, 6) is 0. The van der Waals surface area contributed by atoms with Gasteiger partial charge in [0, 0.05) is 18.7 Å². The van der Waals surface area contributed by atoms with Gasteiger partial charge in [0.2, 0.25) is 0 Å². The molecular formula is C10H13ClN2. The summed E-state index contributed by atoms with van der Waals surface area (Å²) < 4.78 is 0. The standard InChI is InChI=1S/C10H12N2.ClH/c11-7-10-9-4-2-1-3-8(9)5-6-12-10;/h1-4H,5-7,11H2;1H. The second-order valence-corrected chi connectivity index (χ2v) is 2.94. The third kappa shape index (κ3) is 1.90. The highest BCUT2D eigenvalue weighted by Crippen LogP contribution is 2.14. The number of hydrogen-bond donors (Lipinski definition) is 1. The Morgan fingerprint density at radius 1 is 1.31 bits per heavy atom. The van der Waals surface area contributed by atoms with E-state index in [0.717, 1.165) is 18.7 Å². The number of halogens is 1. The smallest absolute Gasteiger partial charge is 0.0559 e. The van der Waals surface area contributed by atoms with Crippen LogP contribution >= 0.6 is 12.4 Å². The lowest BCUT2D eigenvalue weighted by atomic mass is 9.98. The lowest BCUT2D eigenvalue weighted by Crippen LogP contribution is -2.21. The molecular weight excluding hydrogens is 184 g/mol. The number of benzene rings is 1. The number of fused-ring (bicyclic) bond motifs is 1. The quantitative estimate of drug-likeness (QED) is 0.725. The fourth-order valence-corrected chi connectivity index (χ4v) is 1.59. The maximum absolute atomic E-state index is 5.59. The summed E-state index contributed by atoms with van der Waals surface area (Å²) in [5.41, 5.74) is 9.26. The summed E-state index contributed by atoms with van der Waals surface area (Å²) >= 11 is 0. The van der Waals surface area contributed by atoms with Crippen LogP contribution in [0, 0.1) is 0 Å². The zero-order valence-corrected chi connectivity index (χ0v) is 8.18. The normalized spacial score (nSPS) is 14.1. The monoisotopic (exact) mass is 196 g/mol. The summed E-state index contributed by atoms with van der Waals surface area (Å²) in [7, 11) is 0. The van der Waals surface area contributed by atoms with Crippen LogP contribution in [0.25, 0.3) is 0 Å². The van der Waals surface area contributed by atoms with Gasteiger partial charge in [-0.3, -0.25) is 4.99 Å². The molecule has 1 aromatic carbocycles. The Kier molecular flexibility index (Phi) is 3.46. The predicted molar refractivity (Wildman–Crippen MR) is 57.9 cm³/mol. The van der Waals surface area contributed by atoms with Crippen LogP contribution < -0.4 is 5.73 Å². The average Bonchev–Trinajstić information content (AvgIpc) is 2.17. The van der Waals surface area contributed by atoms with Gasteiger partial charge in [0.25, 0.3) is 0 Å². The highest BCUT2D eigenvalue weighted by atomic mass is 35.5. The van der Waals surface area contributed by atoms with Gasteiger partial charge < -0.3 is 5.73 Å². The van der Waals surface area contributed by atoms with Crippen LogP contribution in [0.2, 0.25) is 0 Å². The molecule has 1 aliphatic heterocycles. The first-order valence-electron chi connectivity index (χ1n) is 4.23. The summed E-state index contributed by atoms with van der Waals surface area (Å²) in [6.07, 6.45) is 1.06. The molecule has 0 aromatic heterocycles. The molecule has 13 heavy (non-hydrogen) atoms. The largest absolute Gasteiger partial charge is 0.325 e. The average molecular weight is 197 g/mol. The fourth-order valence-electron chi connectivity index (χ4n) is 1.59. The van der Waals surface area contributed by atoms with Crippen molar-refractivity contribution in [2.24, 2.45) is 10.7 Å².